The number of carbonyl (C=O) groups excluding carboxylic acids is 1. The molecule has 0 aliphatic rings. The number of hydrogen-bond acceptors (Lipinski definition) is 3. The number of nitrogen functional groups attached to an aromatic ring is 1. The molecule has 2 aromatic carbocycles. The van der Waals surface area contributed by atoms with Crippen molar-refractivity contribution < 1.29 is 4.79 Å². The van der Waals surface area contributed by atoms with E-state index in [0.717, 1.165) is 18.8 Å². The summed E-state index contributed by atoms with van der Waals surface area (Å²) in [5.41, 5.74) is 10.4. The molecule has 0 fully saturated rings. The zero-order valence-electron chi connectivity index (χ0n) is 15.0. The van der Waals surface area contributed by atoms with E-state index in [9.17, 15) is 4.79 Å². The second-order valence-corrected chi connectivity index (χ2v) is 6.18. The van der Waals surface area contributed by atoms with Gasteiger partial charge in [-0.3, -0.25) is 4.79 Å². The van der Waals surface area contributed by atoms with Gasteiger partial charge in [-0.1, -0.05) is 26.0 Å². The third-order valence-corrected chi connectivity index (χ3v) is 4.23. The van der Waals surface area contributed by atoms with Gasteiger partial charge in [0.25, 0.3) is 5.91 Å². The Morgan fingerprint density at radius 1 is 1.08 bits per heavy atom. The smallest absolute Gasteiger partial charge is 0.255 e. The van der Waals surface area contributed by atoms with Crippen molar-refractivity contribution in [3.63, 3.8) is 0 Å². The molecule has 2 rings (SSSR count). The van der Waals surface area contributed by atoms with Crippen LogP contribution in [-0.4, -0.2) is 19.0 Å². The maximum Gasteiger partial charge on any atom is 0.255 e. The van der Waals surface area contributed by atoms with E-state index in [0.29, 0.717) is 22.9 Å². The van der Waals surface area contributed by atoms with Gasteiger partial charge in [-0.25, -0.2) is 0 Å². The van der Waals surface area contributed by atoms with Crippen LogP contribution >= 0.6 is 0 Å². The van der Waals surface area contributed by atoms with Crippen LogP contribution in [0.5, 0.6) is 0 Å². The number of rotatable bonds is 6. The van der Waals surface area contributed by atoms with E-state index < -0.39 is 0 Å². The average molecular weight is 325 g/mol. The number of carbonyl (C=O) groups is 1. The summed E-state index contributed by atoms with van der Waals surface area (Å²) in [5.74, 6) is 0.329. The van der Waals surface area contributed by atoms with E-state index in [1.807, 2.05) is 42.5 Å². The third kappa shape index (κ3) is 4.07. The summed E-state index contributed by atoms with van der Waals surface area (Å²) >= 11 is 0. The summed E-state index contributed by atoms with van der Waals surface area (Å²) < 4.78 is 0. The minimum Gasteiger partial charge on any atom is -0.397 e. The normalized spacial score (nSPS) is 10.7. The second kappa shape index (κ2) is 7.86. The summed E-state index contributed by atoms with van der Waals surface area (Å²) in [7, 11) is 0. The molecule has 0 unspecified atom stereocenters. The molecule has 2 aromatic rings. The lowest BCUT2D eigenvalue weighted by Crippen LogP contribution is -2.23. The minimum atomic E-state index is -0.125. The standard InChI is InChI=1S/C20H27N3O/c1-5-23(6-2)19-12-11-17(13-18(19)21)22-20(24)16-9-7-15(8-10-16)14(3)4/h7-14H,5-6,21H2,1-4H3,(H,22,24). The largest absolute Gasteiger partial charge is 0.397 e. The number of amides is 1. The molecule has 4 heteroatoms. The molecule has 1 amide bonds. The van der Waals surface area contributed by atoms with Crippen LogP contribution in [0.3, 0.4) is 0 Å². The van der Waals surface area contributed by atoms with E-state index in [2.05, 4.69) is 37.9 Å². The summed E-state index contributed by atoms with van der Waals surface area (Å²) in [6.45, 7) is 10.3. The quantitative estimate of drug-likeness (QED) is 0.769. The van der Waals surface area contributed by atoms with Crippen molar-refractivity contribution in [1.29, 1.82) is 0 Å². The van der Waals surface area contributed by atoms with Gasteiger partial charge < -0.3 is 16.0 Å². The Bertz CT molecular complexity index is 689. The fourth-order valence-electron chi connectivity index (χ4n) is 2.71. The molecule has 4 nitrogen and oxygen atoms in total. The van der Waals surface area contributed by atoms with Gasteiger partial charge in [0, 0.05) is 24.3 Å². The van der Waals surface area contributed by atoms with Crippen molar-refractivity contribution in [2.24, 2.45) is 0 Å². The summed E-state index contributed by atoms with van der Waals surface area (Å²) in [6, 6.07) is 13.4. The Labute approximate surface area is 144 Å². The van der Waals surface area contributed by atoms with E-state index >= 15 is 0 Å². The fraction of sp³-hybridized carbons (Fsp3) is 0.350. The summed E-state index contributed by atoms with van der Waals surface area (Å²) in [6.07, 6.45) is 0. The average Bonchev–Trinajstić information content (AvgIpc) is 2.57. The lowest BCUT2D eigenvalue weighted by Gasteiger charge is -2.23. The third-order valence-electron chi connectivity index (χ3n) is 4.23. The Hall–Kier alpha value is -2.49. The first-order valence-electron chi connectivity index (χ1n) is 8.52. The molecule has 3 N–H and O–H groups in total. The van der Waals surface area contributed by atoms with Crippen LogP contribution in [0.25, 0.3) is 0 Å². The predicted octanol–water partition coefficient (Wildman–Crippen LogP) is 4.49. The summed E-state index contributed by atoms with van der Waals surface area (Å²) in [4.78, 5) is 14.6. The molecule has 0 bridgehead atoms. The molecule has 128 valence electrons. The van der Waals surface area contributed by atoms with Crippen molar-refractivity contribution in [3.8, 4) is 0 Å². The number of nitrogens with one attached hydrogen (secondary N) is 1. The highest BCUT2D eigenvalue weighted by atomic mass is 16.1. The molecule has 0 saturated carbocycles. The van der Waals surface area contributed by atoms with Crippen LogP contribution in [0.4, 0.5) is 17.1 Å². The Morgan fingerprint density at radius 2 is 1.71 bits per heavy atom. The molecular formula is C20H27N3O. The van der Waals surface area contributed by atoms with Crippen molar-refractivity contribution in [3.05, 3.63) is 53.6 Å². The van der Waals surface area contributed by atoms with Gasteiger partial charge in [-0.05, 0) is 55.7 Å². The van der Waals surface area contributed by atoms with Crippen molar-refractivity contribution in [1.82, 2.24) is 0 Å². The zero-order chi connectivity index (χ0) is 17.7. The van der Waals surface area contributed by atoms with E-state index in [-0.39, 0.29) is 5.91 Å². The van der Waals surface area contributed by atoms with E-state index in [4.69, 9.17) is 5.73 Å². The maximum atomic E-state index is 12.4. The topological polar surface area (TPSA) is 58.4 Å². The van der Waals surface area contributed by atoms with Gasteiger partial charge in [0.1, 0.15) is 0 Å². The molecule has 0 heterocycles. The first-order valence-corrected chi connectivity index (χ1v) is 8.52. The molecule has 0 spiro atoms. The summed E-state index contributed by atoms with van der Waals surface area (Å²) in [5, 5.41) is 2.91. The van der Waals surface area contributed by atoms with Crippen LogP contribution in [-0.2, 0) is 0 Å². The number of nitrogens with zero attached hydrogens (tertiary/aromatic N) is 1. The molecule has 0 atom stereocenters. The maximum absolute atomic E-state index is 12.4. The molecule has 0 saturated heterocycles. The molecule has 0 aromatic heterocycles. The van der Waals surface area contributed by atoms with E-state index in [1.54, 1.807) is 0 Å². The van der Waals surface area contributed by atoms with Gasteiger partial charge in [0.15, 0.2) is 0 Å². The molecule has 0 aliphatic carbocycles. The van der Waals surface area contributed by atoms with Gasteiger partial charge in [-0.15, -0.1) is 0 Å². The first-order chi connectivity index (χ1) is 11.5. The Balaban J connectivity index is 2.13. The SMILES string of the molecule is CCN(CC)c1ccc(NC(=O)c2ccc(C(C)C)cc2)cc1N. The molecule has 24 heavy (non-hydrogen) atoms. The van der Waals surface area contributed by atoms with Crippen molar-refractivity contribution in [2.45, 2.75) is 33.6 Å². The van der Waals surface area contributed by atoms with E-state index in [1.165, 1.54) is 5.56 Å². The van der Waals surface area contributed by atoms with Crippen LogP contribution in [0, 0.1) is 0 Å². The number of nitrogens with two attached hydrogens (primary N) is 1. The lowest BCUT2D eigenvalue weighted by atomic mass is 10.0. The second-order valence-electron chi connectivity index (χ2n) is 6.18. The van der Waals surface area contributed by atoms with Crippen molar-refractivity contribution >= 4 is 23.0 Å². The van der Waals surface area contributed by atoms with Crippen LogP contribution in [0.1, 0.15) is 49.5 Å². The highest BCUT2D eigenvalue weighted by Crippen LogP contribution is 2.26. The van der Waals surface area contributed by atoms with Crippen molar-refractivity contribution in [2.75, 3.05) is 29.0 Å². The molecule has 0 aliphatic heterocycles. The van der Waals surface area contributed by atoms with Gasteiger partial charge in [0.2, 0.25) is 0 Å². The number of anilines is 3. The zero-order valence-corrected chi connectivity index (χ0v) is 15.0. The van der Waals surface area contributed by atoms with Gasteiger partial charge >= 0.3 is 0 Å². The van der Waals surface area contributed by atoms with Gasteiger partial charge in [0.05, 0.1) is 11.4 Å². The lowest BCUT2D eigenvalue weighted by molar-refractivity contribution is 0.102. The highest BCUT2D eigenvalue weighted by Gasteiger charge is 2.10. The predicted molar refractivity (Wildman–Crippen MR) is 103 cm³/mol. The van der Waals surface area contributed by atoms with Gasteiger partial charge in [-0.2, -0.15) is 0 Å². The fourth-order valence-corrected chi connectivity index (χ4v) is 2.71. The highest BCUT2D eigenvalue weighted by molar-refractivity contribution is 6.04. The minimum absolute atomic E-state index is 0.125. The molecule has 0 radical (unpaired) electrons. The molecular weight excluding hydrogens is 298 g/mol. The Morgan fingerprint density at radius 3 is 2.21 bits per heavy atom. The number of benzene rings is 2. The van der Waals surface area contributed by atoms with Crippen LogP contribution < -0.4 is 16.0 Å². The number of hydrogen-bond donors (Lipinski definition) is 2. The van der Waals surface area contributed by atoms with Crippen LogP contribution in [0.15, 0.2) is 42.5 Å². The Kier molecular flexibility index (Phi) is 5.85. The monoisotopic (exact) mass is 325 g/mol. The van der Waals surface area contributed by atoms with Crippen LogP contribution in [0.2, 0.25) is 0 Å². The first kappa shape index (κ1) is 17.9.